The topological polar surface area (TPSA) is 35.8 Å². The summed E-state index contributed by atoms with van der Waals surface area (Å²) in [6.45, 7) is 2.18. The summed E-state index contributed by atoms with van der Waals surface area (Å²) >= 11 is 0. The van der Waals surface area contributed by atoms with Crippen LogP contribution in [0.1, 0.15) is 26.2 Å². The summed E-state index contributed by atoms with van der Waals surface area (Å²) in [5.41, 5.74) is 0.711. The van der Waals surface area contributed by atoms with Crippen molar-refractivity contribution < 1.29 is 0 Å². The maximum atomic E-state index is 8.54. The molecule has 2 nitrogen and oxygen atoms in total. The number of dihydropyridines is 1. The molecule has 2 heteroatoms. The Morgan fingerprint density at radius 2 is 2.50 bits per heavy atom. The molecule has 0 fully saturated rings. The number of nitrogens with zero attached hydrogens (tertiary/aromatic N) is 1. The number of allylic oxidation sites excluding steroid dienone is 2. The van der Waals surface area contributed by atoms with Gasteiger partial charge in [0.05, 0.1) is 5.57 Å². The Kier molecular flexibility index (Phi) is 3.40. The molecule has 0 saturated heterocycles. The second kappa shape index (κ2) is 4.61. The van der Waals surface area contributed by atoms with E-state index < -0.39 is 0 Å². The molecular formula is C10H14N2. The van der Waals surface area contributed by atoms with Gasteiger partial charge in [0.2, 0.25) is 0 Å². The Bertz CT molecular complexity index is 233. The number of rotatable bonds is 3. The Hall–Kier alpha value is -1.23. The lowest BCUT2D eigenvalue weighted by atomic mass is 10.1. The first kappa shape index (κ1) is 8.86. The summed E-state index contributed by atoms with van der Waals surface area (Å²) in [5.74, 6) is 0. The van der Waals surface area contributed by atoms with Crippen LogP contribution < -0.4 is 5.32 Å². The highest BCUT2D eigenvalue weighted by Crippen LogP contribution is 2.08. The quantitative estimate of drug-likeness (QED) is 0.690. The number of unbranched alkanes of at least 4 members (excludes halogenated alkanes) is 1. The van der Waals surface area contributed by atoms with Crippen LogP contribution in [0.3, 0.4) is 0 Å². The van der Waals surface area contributed by atoms with Gasteiger partial charge < -0.3 is 5.32 Å². The number of hydrogen-bond donors (Lipinski definition) is 1. The summed E-state index contributed by atoms with van der Waals surface area (Å²) < 4.78 is 0. The van der Waals surface area contributed by atoms with Crippen molar-refractivity contribution in [3.8, 4) is 6.07 Å². The van der Waals surface area contributed by atoms with Crippen LogP contribution >= 0.6 is 0 Å². The van der Waals surface area contributed by atoms with E-state index in [1.54, 1.807) is 6.20 Å². The third-order valence-corrected chi connectivity index (χ3v) is 1.96. The Morgan fingerprint density at radius 3 is 3.00 bits per heavy atom. The molecule has 1 N–H and O–H groups in total. The van der Waals surface area contributed by atoms with Gasteiger partial charge in [0.1, 0.15) is 6.07 Å². The molecule has 1 aliphatic rings. The van der Waals surface area contributed by atoms with E-state index in [2.05, 4.69) is 24.4 Å². The van der Waals surface area contributed by atoms with Gasteiger partial charge in [0, 0.05) is 12.2 Å². The highest BCUT2D eigenvalue weighted by molar-refractivity contribution is 5.35. The molecule has 0 radical (unpaired) electrons. The lowest BCUT2D eigenvalue weighted by Crippen LogP contribution is -2.24. The van der Waals surface area contributed by atoms with Gasteiger partial charge in [-0.25, -0.2) is 0 Å². The molecule has 0 spiro atoms. The van der Waals surface area contributed by atoms with Gasteiger partial charge >= 0.3 is 0 Å². The molecule has 1 rings (SSSR count). The molecule has 0 aromatic rings. The number of nitrogens with one attached hydrogen (secondary N) is 1. The largest absolute Gasteiger partial charge is 0.384 e. The van der Waals surface area contributed by atoms with Gasteiger partial charge in [0.15, 0.2) is 0 Å². The Morgan fingerprint density at radius 1 is 1.67 bits per heavy atom. The molecule has 0 aliphatic carbocycles. The maximum absolute atomic E-state index is 8.54. The van der Waals surface area contributed by atoms with Gasteiger partial charge in [-0.15, -0.1) is 0 Å². The van der Waals surface area contributed by atoms with Crippen LogP contribution in [0.4, 0.5) is 0 Å². The third kappa shape index (κ3) is 2.43. The predicted molar refractivity (Wildman–Crippen MR) is 49.3 cm³/mol. The van der Waals surface area contributed by atoms with E-state index in [0.717, 1.165) is 6.42 Å². The maximum Gasteiger partial charge on any atom is 0.101 e. The minimum absolute atomic E-state index is 0.432. The molecule has 1 atom stereocenters. The second-order valence-electron chi connectivity index (χ2n) is 2.99. The van der Waals surface area contributed by atoms with Crippen molar-refractivity contribution in [2.45, 2.75) is 32.2 Å². The lowest BCUT2D eigenvalue weighted by Gasteiger charge is -2.15. The van der Waals surface area contributed by atoms with Crippen LogP contribution in [-0.2, 0) is 0 Å². The minimum atomic E-state index is 0.432. The average Bonchev–Trinajstić information content (AvgIpc) is 2.15. The van der Waals surface area contributed by atoms with Gasteiger partial charge in [-0.2, -0.15) is 5.26 Å². The SMILES string of the molecule is CCCCC1C=CC(C#N)=CN1. The third-order valence-electron chi connectivity index (χ3n) is 1.96. The van der Waals surface area contributed by atoms with Crippen LogP contribution in [0.5, 0.6) is 0 Å². The van der Waals surface area contributed by atoms with Gasteiger partial charge in [-0.1, -0.05) is 25.8 Å². The van der Waals surface area contributed by atoms with Gasteiger partial charge in [-0.3, -0.25) is 0 Å². The standard InChI is InChI=1S/C10H14N2/c1-2-3-4-10-6-5-9(7-11)8-12-10/h5-6,8,10,12H,2-4H2,1H3. The molecule has 0 aromatic heterocycles. The Labute approximate surface area is 73.6 Å². The molecule has 0 saturated carbocycles. The first-order valence-corrected chi connectivity index (χ1v) is 4.41. The fourth-order valence-corrected chi connectivity index (χ4v) is 1.19. The monoisotopic (exact) mass is 162 g/mol. The lowest BCUT2D eigenvalue weighted by molar-refractivity contribution is 0.592. The first-order chi connectivity index (χ1) is 5.86. The van der Waals surface area contributed by atoms with Gasteiger partial charge in [-0.05, 0) is 12.5 Å². The highest BCUT2D eigenvalue weighted by atomic mass is 14.9. The predicted octanol–water partition coefficient (Wildman–Crippen LogP) is 2.11. The zero-order valence-electron chi connectivity index (χ0n) is 7.38. The van der Waals surface area contributed by atoms with E-state index in [4.69, 9.17) is 5.26 Å². The van der Waals surface area contributed by atoms with Crippen molar-refractivity contribution in [2.75, 3.05) is 0 Å². The van der Waals surface area contributed by atoms with Crippen molar-refractivity contribution in [3.05, 3.63) is 23.9 Å². The van der Waals surface area contributed by atoms with E-state index in [1.165, 1.54) is 12.8 Å². The number of nitriles is 1. The van der Waals surface area contributed by atoms with Crippen LogP contribution in [0.25, 0.3) is 0 Å². The fraction of sp³-hybridized carbons (Fsp3) is 0.500. The summed E-state index contributed by atoms with van der Waals surface area (Å²) in [4.78, 5) is 0. The molecule has 64 valence electrons. The molecule has 0 amide bonds. The van der Waals surface area contributed by atoms with E-state index >= 15 is 0 Å². The van der Waals surface area contributed by atoms with Crippen molar-refractivity contribution in [3.63, 3.8) is 0 Å². The zero-order chi connectivity index (χ0) is 8.81. The van der Waals surface area contributed by atoms with E-state index in [9.17, 15) is 0 Å². The smallest absolute Gasteiger partial charge is 0.101 e. The zero-order valence-corrected chi connectivity index (χ0v) is 7.38. The van der Waals surface area contributed by atoms with Gasteiger partial charge in [0.25, 0.3) is 0 Å². The molecule has 12 heavy (non-hydrogen) atoms. The van der Waals surface area contributed by atoms with Crippen molar-refractivity contribution in [1.29, 1.82) is 5.26 Å². The average molecular weight is 162 g/mol. The normalized spacial score (nSPS) is 21.0. The second-order valence-corrected chi connectivity index (χ2v) is 2.99. The summed E-state index contributed by atoms with van der Waals surface area (Å²) in [5, 5.41) is 11.7. The molecular weight excluding hydrogens is 148 g/mol. The first-order valence-electron chi connectivity index (χ1n) is 4.41. The molecule has 0 aromatic carbocycles. The van der Waals surface area contributed by atoms with E-state index in [1.807, 2.05) is 6.08 Å². The van der Waals surface area contributed by atoms with Crippen molar-refractivity contribution >= 4 is 0 Å². The van der Waals surface area contributed by atoms with E-state index in [-0.39, 0.29) is 0 Å². The fourth-order valence-electron chi connectivity index (χ4n) is 1.19. The molecule has 1 unspecified atom stereocenters. The molecule has 1 aliphatic heterocycles. The van der Waals surface area contributed by atoms with E-state index in [0.29, 0.717) is 11.6 Å². The molecule has 0 bridgehead atoms. The van der Waals surface area contributed by atoms with Crippen molar-refractivity contribution in [2.24, 2.45) is 0 Å². The highest BCUT2D eigenvalue weighted by Gasteiger charge is 2.05. The number of hydrogen-bond acceptors (Lipinski definition) is 2. The minimum Gasteiger partial charge on any atom is -0.384 e. The Balaban J connectivity index is 2.34. The summed E-state index contributed by atoms with van der Waals surface area (Å²) in [7, 11) is 0. The van der Waals surface area contributed by atoms with Crippen LogP contribution in [0, 0.1) is 11.3 Å². The molecule has 1 heterocycles. The summed E-state index contributed by atoms with van der Waals surface area (Å²) in [6.07, 6.45) is 9.35. The van der Waals surface area contributed by atoms with Crippen LogP contribution in [-0.4, -0.2) is 6.04 Å². The van der Waals surface area contributed by atoms with Crippen LogP contribution in [0.2, 0.25) is 0 Å². The van der Waals surface area contributed by atoms with Crippen molar-refractivity contribution in [1.82, 2.24) is 5.32 Å². The summed E-state index contributed by atoms with van der Waals surface area (Å²) in [6, 6.07) is 2.52. The van der Waals surface area contributed by atoms with Crippen LogP contribution in [0.15, 0.2) is 23.9 Å².